The molecule has 0 unspecified atom stereocenters. The van der Waals surface area contributed by atoms with Crippen LogP contribution < -0.4 is 5.32 Å². The van der Waals surface area contributed by atoms with E-state index in [4.69, 9.17) is 4.42 Å². The van der Waals surface area contributed by atoms with E-state index in [2.05, 4.69) is 15.2 Å². The molecule has 0 aliphatic carbocycles. The van der Waals surface area contributed by atoms with E-state index < -0.39 is 0 Å². The van der Waals surface area contributed by atoms with E-state index in [9.17, 15) is 9.18 Å². The van der Waals surface area contributed by atoms with Crippen LogP contribution >= 0.6 is 11.3 Å². The van der Waals surface area contributed by atoms with E-state index in [0.29, 0.717) is 6.54 Å². The molecule has 0 radical (unpaired) electrons. The molecule has 4 rings (SSSR count). The molecular weight excluding hydrogens is 377 g/mol. The number of thiazole rings is 1. The maximum atomic E-state index is 13.1. The van der Waals surface area contributed by atoms with Crippen LogP contribution in [0, 0.1) is 5.82 Å². The van der Waals surface area contributed by atoms with E-state index in [-0.39, 0.29) is 24.2 Å². The molecule has 2 aromatic heterocycles. The molecule has 1 saturated heterocycles. The fourth-order valence-electron chi connectivity index (χ4n) is 3.49. The van der Waals surface area contributed by atoms with Gasteiger partial charge in [-0.25, -0.2) is 9.37 Å². The minimum Gasteiger partial charge on any atom is -0.468 e. The number of nitrogens with one attached hydrogen (secondary N) is 1. The van der Waals surface area contributed by atoms with Gasteiger partial charge in [-0.3, -0.25) is 9.69 Å². The Morgan fingerprint density at radius 3 is 2.75 bits per heavy atom. The van der Waals surface area contributed by atoms with Gasteiger partial charge in [0.2, 0.25) is 5.91 Å². The summed E-state index contributed by atoms with van der Waals surface area (Å²) in [6.07, 6.45) is 4.25. The molecule has 1 amide bonds. The number of hydrogen-bond donors (Lipinski definition) is 1. The summed E-state index contributed by atoms with van der Waals surface area (Å²) in [7, 11) is 0. The van der Waals surface area contributed by atoms with Crippen LogP contribution in [0.1, 0.15) is 30.3 Å². The second kappa shape index (κ2) is 8.67. The molecule has 1 fully saturated rings. The average Bonchev–Trinajstić information content (AvgIpc) is 3.46. The fourth-order valence-corrected chi connectivity index (χ4v) is 4.32. The van der Waals surface area contributed by atoms with E-state index in [1.807, 2.05) is 17.5 Å². The van der Waals surface area contributed by atoms with E-state index in [1.165, 1.54) is 36.3 Å². The molecule has 28 heavy (non-hydrogen) atoms. The van der Waals surface area contributed by atoms with E-state index in [0.717, 1.165) is 35.1 Å². The fraction of sp³-hybridized carbons (Fsp3) is 0.333. The van der Waals surface area contributed by atoms with Crippen LogP contribution in [0.25, 0.3) is 10.6 Å². The second-order valence-electron chi connectivity index (χ2n) is 6.91. The Balaban J connectivity index is 1.35. The van der Waals surface area contributed by atoms with Crippen LogP contribution in [-0.2, 0) is 11.2 Å². The molecule has 1 N–H and O–H groups in total. The van der Waals surface area contributed by atoms with Gasteiger partial charge in [0.05, 0.1) is 24.4 Å². The summed E-state index contributed by atoms with van der Waals surface area (Å²) in [5, 5.41) is 5.69. The van der Waals surface area contributed by atoms with Crippen molar-refractivity contribution in [1.82, 2.24) is 15.2 Å². The number of rotatable bonds is 7. The third-order valence-corrected chi connectivity index (χ3v) is 5.87. The van der Waals surface area contributed by atoms with Crippen molar-refractivity contribution in [3.8, 4) is 10.6 Å². The summed E-state index contributed by atoms with van der Waals surface area (Å²) in [4.78, 5) is 19.3. The van der Waals surface area contributed by atoms with Crippen LogP contribution in [0.4, 0.5) is 4.39 Å². The van der Waals surface area contributed by atoms with Crippen LogP contribution in [0.2, 0.25) is 0 Å². The summed E-state index contributed by atoms with van der Waals surface area (Å²) in [6.45, 7) is 2.56. The molecule has 3 heterocycles. The highest BCUT2D eigenvalue weighted by molar-refractivity contribution is 7.13. The maximum absolute atomic E-state index is 13.1. The Hall–Kier alpha value is -2.51. The predicted molar refractivity (Wildman–Crippen MR) is 106 cm³/mol. The Morgan fingerprint density at radius 1 is 1.25 bits per heavy atom. The Bertz CT molecular complexity index is 902. The summed E-state index contributed by atoms with van der Waals surface area (Å²) >= 11 is 1.46. The van der Waals surface area contributed by atoms with Gasteiger partial charge in [0.15, 0.2) is 0 Å². The third-order valence-electron chi connectivity index (χ3n) is 4.93. The van der Waals surface area contributed by atoms with Gasteiger partial charge in [-0.1, -0.05) is 0 Å². The highest BCUT2D eigenvalue weighted by Gasteiger charge is 2.26. The standard InChI is InChI=1S/C21H22FN3O2S/c22-16-7-5-15(6-8-16)21-24-17(14-28-21)12-20(26)23-13-18(19-4-3-11-27-19)25-9-1-2-10-25/h3-8,11,14,18H,1-2,9-10,12-13H2,(H,23,26)/t18-/m1/s1. The van der Waals surface area contributed by atoms with Crippen LogP contribution in [0.5, 0.6) is 0 Å². The van der Waals surface area contributed by atoms with E-state index >= 15 is 0 Å². The van der Waals surface area contributed by atoms with Crippen molar-refractivity contribution in [2.24, 2.45) is 0 Å². The predicted octanol–water partition coefficient (Wildman–Crippen LogP) is 4.04. The molecule has 1 aliphatic rings. The van der Waals surface area contributed by atoms with Crippen molar-refractivity contribution in [2.75, 3.05) is 19.6 Å². The number of aromatic nitrogens is 1. The SMILES string of the molecule is O=C(Cc1csc(-c2ccc(F)cc2)n1)NC[C@H](c1ccco1)N1CCCC1. The maximum Gasteiger partial charge on any atom is 0.226 e. The number of hydrogen-bond acceptors (Lipinski definition) is 5. The molecule has 3 aromatic rings. The minimum atomic E-state index is -0.274. The van der Waals surface area contributed by atoms with Gasteiger partial charge in [0.25, 0.3) is 0 Å². The average molecular weight is 399 g/mol. The van der Waals surface area contributed by atoms with Gasteiger partial charge < -0.3 is 9.73 Å². The summed E-state index contributed by atoms with van der Waals surface area (Å²) < 4.78 is 18.7. The van der Waals surface area contributed by atoms with Crippen LogP contribution in [0.15, 0.2) is 52.5 Å². The zero-order chi connectivity index (χ0) is 19.3. The van der Waals surface area contributed by atoms with Crippen LogP contribution in [0.3, 0.4) is 0 Å². The molecular formula is C21H22FN3O2S. The molecule has 7 heteroatoms. The minimum absolute atomic E-state index is 0.0617. The Morgan fingerprint density at radius 2 is 2.04 bits per heavy atom. The van der Waals surface area contributed by atoms with Gasteiger partial charge in [-0.05, 0) is 62.3 Å². The normalized spacial score (nSPS) is 15.6. The van der Waals surface area contributed by atoms with Crippen molar-refractivity contribution in [1.29, 1.82) is 0 Å². The number of halogens is 1. The number of furan rings is 1. The Kier molecular flexibility index (Phi) is 5.83. The molecule has 146 valence electrons. The molecule has 1 atom stereocenters. The van der Waals surface area contributed by atoms with Crippen molar-refractivity contribution in [3.63, 3.8) is 0 Å². The van der Waals surface area contributed by atoms with Gasteiger partial charge in [0, 0.05) is 17.5 Å². The van der Waals surface area contributed by atoms with Crippen LogP contribution in [-0.4, -0.2) is 35.4 Å². The van der Waals surface area contributed by atoms with Gasteiger partial charge in [-0.15, -0.1) is 11.3 Å². The lowest BCUT2D eigenvalue weighted by molar-refractivity contribution is -0.120. The lowest BCUT2D eigenvalue weighted by atomic mass is 10.2. The number of benzene rings is 1. The number of likely N-dealkylation sites (tertiary alicyclic amines) is 1. The third kappa shape index (κ3) is 4.48. The first-order chi connectivity index (χ1) is 13.7. The van der Waals surface area contributed by atoms with Crippen molar-refractivity contribution >= 4 is 17.2 Å². The highest BCUT2D eigenvalue weighted by Crippen LogP contribution is 2.26. The number of carbonyl (C=O) groups is 1. The largest absolute Gasteiger partial charge is 0.468 e. The smallest absolute Gasteiger partial charge is 0.226 e. The van der Waals surface area contributed by atoms with Gasteiger partial charge >= 0.3 is 0 Å². The van der Waals surface area contributed by atoms with Gasteiger partial charge in [0.1, 0.15) is 16.6 Å². The summed E-state index contributed by atoms with van der Waals surface area (Å²) in [6, 6.07) is 10.1. The molecule has 1 aromatic carbocycles. The number of nitrogens with zero attached hydrogens (tertiary/aromatic N) is 2. The highest BCUT2D eigenvalue weighted by atomic mass is 32.1. The monoisotopic (exact) mass is 399 g/mol. The second-order valence-corrected chi connectivity index (χ2v) is 7.76. The number of carbonyl (C=O) groups excluding carboxylic acids is 1. The quantitative estimate of drug-likeness (QED) is 0.652. The Labute approximate surface area is 167 Å². The first-order valence-electron chi connectivity index (χ1n) is 9.43. The van der Waals surface area contributed by atoms with Crippen molar-refractivity contribution < 1.29 is 13.6 Å². The topological polar surface area (TPSA) is 58.4 Å². The lowest BCUT2D eigenvalue weighted by Crippen LogP contribution is -2.37. The molecule has 0 spiro atoms. The molecule has 0 saturated carbocycles. The molecule has 0 bridgehead atoms. The first kappa shape index (κ1) is 18.8. The zero-order valence-electron chi connectivity index (χ0n) is 15.4. The number of amides is 1. The summed E-state index contributed by atoms with van der Waals surface area (Å²) in [5.41, 5.74) is 1.57. The molecule has 5 nitrogen and oxygen atoms in total. The van der Waals surface area contributed by atoms with Gasteiger partial charge in [-0.2, -0.15) is 0 Å². The zero-order valence-corrected chi connectivity index (χ0v) is 16.3. The van der Waals surface area contributed by atoms with E-state index in [1.54, 1.807) is 18.4 Å². The van der Waals surface area contributed by atoms with Crippen molar-refractivity contribution in [3.05, 3.63) is 65.3 Å². The molecule has 1 aliphatic heterocycles. The first-order valence-corrected chi connectivity index (χ1v) is 10.3. The summed E-state index contributed by atoms with van der Waals surface area (Å²) in [5.74, 6) is 0.546. The van der Waals surface area contributed by atoms with Crippen molar-refractivity contribution in [2.45, 2.75) is 25.3 Å². The lowest BCUT2D eigenvalue weighted by Gasteiger charge is -2.25.